The SMILES string of the molecule is O=S(=O)(Oc1ccccc1)C(c1ccccc1)(c1ccccc1)c1ccccc1. The molecule has 0 N–H and O–H groups in total. The lowest BCUT2D eigenvalue weighted by Gasteiger charge is -2.34. The third-order valence-corrected chi connectivity index (χ3v) is 6.73. The molecule has 4 aromatic carbocycles. The van der Waals surface area contributed by atoms with Gasteiger partial charge >= 0.3 is 10.1 Å². The molecule has 0 aliphatic rings. The van der Waals surface area contributed by atoms with E-state index in [1.165, 1.54) is 0 Å². The molecule has 4 aromatic rings. The molecule has 0 fully saturated rings. The molecule has 0 amide bonds. The van der Waals surface area contributed by atoms with E-state index in [2.05, 4.69) is 0 Å². The van der Waals surface area contributed by atoms with Crippen LogP contribution in [-0.2, 0) is 14.9 Å². The summed E-state index contributed by atoms with van der Waals surface area (Å²) in [5, 5.41) is 0. The van der Waals surface area contributed by atoms with Crippen LogP contribution < -0.4 is 4.18 Å². The van der Waals surface area contributed by atoms with Crippen molar-refractivity contribution in [3.05, 3.63) is 138 Å². The van der Waals surface area contributed by atoms with Gasteiger partial charge in [-0.25, -0.2) is 0 Å². The van der Waals surface area contributed by atoms with Crippen LogP contribution in [0, 0.1) is 0 Å². The maximum atomic E-state index is 14.0. The largest absolute Gasteiger partial charge is 0.381 e. The van der Waals surface area contributed by atoms with Crippen molar-refractivity contribution >= 4 is 10.1 Å². The van der Waals surface area contributed by atoms with Gasteiger partial charge < -0.3 is 4.18 Å². The maximum Gasteiger partial charge on any atom is 0.327 e. The van der Waals surface area contributed by atoms with Crippen molar-refractivity contribution in [2.45, 2.75) is 4.75 Å². The Hall–Kier alpha value is -3.37. The second-order valence-electron chi connectivity index (χ2n) is 6.63. The Bertz CT molecular complexity index is 1060. The second kappa shape index (κ2) is 7.94. The summed E-state index contributed by atoms with van der Waals surface area (Å²) >= 11 is 0. The van der Waals surface area contributed by atoms with Crippen LogP contribution in [0.25, 0.3) is 0 Å². The van der Waals surface area contributed by atoms with Crippen LogP contribution in [-0.4, -0.2) is 8.42 Å². The average molecular weight is 400 g/mol. The molecular weight excluding hydrogens is 380 g/mol. The van der Waals surface area contributed by atoms with Gasteiger partial charge in [0.15, 0.2) is 4.75 Å². The van der Waals surface area contributed by atoms with E-state index in [1.54, 1.807) is 24.3 Å². The van der Waals surface area contributed by atoms with Gasteiger partial charge in [-0.05, 0) is 28.8 Å². The summed E-state index contributed by atoms with van der Waals surface area (Å²) < 4.78 is 32.2. The number of benzene rings is 4. The van der Waals surface area contributed by atoms with Crippen molar-refractivity contribution in [3.8, 4) is 5.75 Å². The zero-order chi connectivity index (χ0) is 20.2. The molecule has 29 heavy (non-hydrogen) atoms. The minimum atomic E-state index is -4.20. The van der Waals surface area contributed by atoms with Crippen LogP contribution in [0.15, 0.2) is 121 Å². The first kappa shape index (κ1) is 19.0. The van der Waals surface area contributed by atoms with E-state index in [9.17, 15) is 8.42 Å². The van der Waals surface area contributed by atoms with Gasteiger partial charge in [-0.2, -0.15) is 8.42 Å². The van der Waals surface area contributed by atoms with Crippen molar-refractivity contribution in [1.29, 1.82) is 0 Å². The topological polar surface area (TPSA) is 43.4 Å². The molecule has 0 bridgehead atoms. The zero-order valence-corrected chi connectivity index (χ0v) is 16.5. The number of rotatable bonds is 6. The van der Waals surface area contributed by atoms with Crippen molar-refractivity contribution in [2.75, 3.05) is 0 Å². The lowest BCUT2D eigenvalue weighted by Crippen LogP contribution is -2.41. The summed E-state index contributed by atoms with van der Waals surface area (Å²) in [5.74, 6) is 0.277. The van der Waals surface area contributed by atoms with E-state index < -0.39 is 14.9 Å². The molecule has 3 nitrogen and oxygen atoms in total. The third-order valence-electron chi connectivity index (χ3n) is 4.87. The Kier molecular flexibility index (Phi) is 5.19. The Labute approximate surface area is 171 Å². The van der Waals surface area contributed by atoms with E-state index in [0.717, 1.165) is 0 Å². The first-order valence-corrected chi connectivity index (χ1v) is 10.7. The number of hydrogen-bond acceptors (Lipinski definition) is 3. The van der Waals surface area contributed by atoms with Crippen LogP contribution in [0.2, 0.25) is 0 Å². The molecular formula is C25H20O3S. The number of hydrogen-bond donors (Lipinski definition) is 0. The summed E-state index contributed by atoms with van der Waals surface area (Å²) in [4.78, 5) is 0. The van der Waals surface area contributed by atoms with Crippen LogP contribution >= 0.6 is 0 Å². The van der Waals surface area contributed by atoms with Crippen LogP contribution in [0.3, 0.4) is 0 Å². The molecule has 0 unspecified atom stereocenters. The standard InChI is InChI=1S/C25H20O3S/c26-29(27,28-24-19-11-4-12-20-24)25(21-13-5-1-6-14-21,22-15-7-2-8-16-22)23-17-9-3-10-18-23/h1-20H. The highest BCUT2D eigenvalue weighted by atomic mass is 32.2. The first-order chi connectivity index (χ1) is 14.1. The van der Waals surface area contributed by atoms with Gasteiger partial charge in [-0.15, -0.1) is 0 Å². The van der Waals surface area contributed by atoms with Crippen LogP contribution in [0.4, 0.5) is 0 Å². The molecule has 0 radical (unpaired) electrons. The molecule has 0 aliphatic carbocycles. The first-order valence-electron chi connectivity index (χ1n) is 9.30. The van der Waals surface area contributed by atoms with E-state index >= 15 is 0 Å². The highest BCUT2D eigenvalue weighted by molar-refractivity contribution is 7.88. The lowest BCUT2D eigenvalue weighted by atomic mass is 9.84. The van der Waals surface area contributed by atoms with Gasteiger partial charge in [-0.3, -0.25) is 0 Å². The monoisotopic (exact) mass is 400 g/mol. The smallest absolute Gasteiger partial charge is 0.327 e. The maximum absolute atomic E-state index is 14.0. The summed E-state index contributed by atoms with van der Waals surface area (Å²) in [5.41, 5.74) is 1.86. The predicted molar refractivity (Wildman–Crippen MR) is 115 cm³/mol. The predicted octanol–water partition coefficient (Wildman–Crippen LogP) is 5.39. The Morgan fingerprint density at radius 1 is 0.483 bits per heavy atom. The Balaban J connectivity index is 2.05. The van der Waals surface area contributed by atoms with E-state index in [4.69, 9.17) is 4.18 Å². The molecule has 144 valence electrons. The summed E-state index contributed by atoms with van der Waals surface area (Å²) in [6.45, 7) is 0. The van der Waals surface area contributed by atoms with Gasteiger partial charge in [0.2, 0.25) is 0 Å². The summed E-state index contributed by atoms with van der Waals surface area (Å²) in [6.07, 6.45) is 0. The molecule has 4 heteroatoms. The molecule has 0 heterocycles. The normalized spacial score (nSPS) is 11.7. The van der Waals surface area contributed by atoms with Gasteiger partial charge in [0.05, 0.1) is 0 Å². The Morgan fingerprint density at radius 3 is 1.14 bits per heavy atom. The molecule has 4 rings (SSSR count). The summed E-state index contributed by atoms with van der Waals surface area (Å²) in [7, 11) is -4.20. The van der Waals surface area contributed by atoms with Crippen molar-refractivity contribution in [2.24, 2.45) is 0 Å². The molecule has 0 aliphatic heterocycles. The van der Waals surface area contributed by atoms with Crippen LogP contribution in [0.5, 0.6) is 5.75 Å². The second-order valence-corrected chi connectivity index (χ2v) is 8.32. The molecule has 0 spiro atoms. The van der Waals surface area contributed by atoms with E-state index in [-0.39, 0.29) is 5.75 Å². The fourth-order valence-electron chi connectivity index (χ4n) is 3.62. The van der Waals surface area contributed by atoms with E-state index in [1.807, 2.05) is 97.1 Å². The molecule has 0 aromatic heterocycles. The minimum Gasteiger partial charge on any atom is -0.381 e. The molecule has 0 atom stereocenters. The highest BCUT2D eigenvalue weighted by Gasteiger charge is 2.50. The van der Waals surface area contributed by atoms with Gasteiger partial charge in [0, 0.05) is 0 Å². The highest BCUT2D eigenvalue weighted by Crippen LogP contribution is 2.44. The van der Waals surface area contributed by atoms with Gasteiger partial charge in [-0.1, -0.05) is 109 Å². The summed E-state index contributed by atoms with van der Waals surface area (Å²) in [6, 6.07) is 36.2. The van der Waals surface area contributed by atoms with E-state index in [0.29, 0.717) is 16.7 Å². The molecule has 0 saturated heterocycles. The fourth-order valence-corrected chi connectivity index (χ4v) is 5.38. The lowest BCUT2D eigenvalue weighted by molar-refractivity contribution is 0.463. The average Bonchev–Trinajstić information content (AvgIpc) is 2.77. The number of para-hydroxylation sites is 1. The fraction of sp³-hybridized carbons (Fsp3) is 0.0400. The van der Waals surface area contributed by atoms with Gasteiger partial charge in [0.25, 0.3) is 0 Å². The quantitative estimate of drug-likeness (QED) is 0.322. The van der Waals surface area contributed by atoms with Crippen molar-refractivity contribution in [3.63, 3.8) is 0 Å². The van der Waals surface area contributed by atoms with Gasteiger partial charge in [0.1, 0.15) is 5.75 Å². The van der Waals surface area contributed by atoms with Crippen LogP contribution in [0.1, 0.15) is 16.7 Å². The van der Waals surface area contributed by atoms with Crippen molar-refractivity contribution < 1.29 is 12.6 Å². The Morgan fingerprint density at radius 2 is 0.793 bits per heavy atom. The zero-order valence-electron chi connectivity index (χ0n) is 15.7. The third kappa shape index (κ3) is 3.43. The molecule has 0 saturated carbocycles. The van der Waals surface area contributed by atoms with Crippen molar-refractivity contribution in [1.82, 2.24) is 0 Å². The minimum absolute atomic E-state index is 0.277.